The number of aryl methyl sites for hydroxylation is 2. The molecular weight excluding hydrogens is 304 g/mol. The van der Waals surface area contributed by atoms with Crippen LogP contribution in [0.1, 0.15) is 68.2 Å². The average Bonchev–Trinajstić information content (AvgIpc) is 2.99. The summed E-state index contributed by atoms with van der Waals surface area (Å²) in [4.78, 5) is 12.2. The molecule has 3 atom stereocenters. The fraction of sp³-hybridized carbons (Fsp3) is 0.611. The Morgan fingerprint density at radius 3 is 3.08 bits per heavy atom. The first-order chi connectivity index (χ1) is 11.6. The summed E-state index contributed by atoms with van der Waals surface area (Å²) < 4.78 is 7.99. The van der Waals surface area contributed by atoms with Gasteiger partial charge in [-0.25, -0.2) is 0 Å². The van der Waals surface area contributed by atoms with Gasteiger partial charge >= 0.3 is 0 Å². The molecule has 128 valence electrons. The van der Waals surface area contributed by atoms with Crippen LogP contribution in [-0.2, 0) is 24.2 Å². The molecule has 6 heteroatoms. The van der Waals surface area contributed by atoms with E-state index in [-0.39, 0.29) is 11.9 Å². The highest BCUT2D eigenvalue weighted by atomic mass is 16.3. The molecule has 0 radical (unpaired) electrons. The summed E-state index contributed by atoms with van der Waals surface area (Å²) in [5, 5.41) is 11.4. The summed E-state index contributed by atoms with van der Waals surface area (Å²) in [6.07, 6.45) is 4.37. The summed E-state index contributed by atoms with van der Waals surface area (Å²) >= 11 is 0. The monoisotopic (exact) mass is 328 g/mol. The maximum atomic E-state index is 12.2. The number of hydrogen-bond donors (Lipinski definition) is 1. The summed E-state index contributed by atoms with van der Waals surface area (Å²) in [6.45, 7) is 5.16. The van der Waals surface area contributed by atoms with Crippen LogP contribution < -0.4 is 5.32 Å². The van der Waals surface area contributed by atoms with Crippen LogP contribution in [0.25, 0.3) is 0 Å². The molecule has 0 saturated heterocycles. The minimum absolute atomic E-state index is 0.0237. The van der Waals surface area contributed by atoms with E-state index in [0.717, 1.165) is 48.5 Å². The Kier molecular flexibility index (Phi) is 3.90. The highest BCUT2D eigenvalue weighted by Crippen LogP contribution is 2.47. The summed E-state index contributed by atoms with van der Waals surface area (Å²) in [5.74, 6) is 5.21. The first-order valence-electron chi connectivity index (χ1n) is 8.91. The van der Waals surface area contributed by atoms with Gasteiger partial charge in [-0.2, -0.15) is 0 Å². The molecule has 1 N–H and O–H groups in total. The predicted molar refractivity (Wildman–Crippen MR) is 88.5 cm³/mol. The Bertz CT molecular complexity index is 748. The molecule has 2 aromatic heterocycles. The van der Waals surface area contributed by atoms with Crippen molar-refractivity contribution in [3.05, 3.63) is 35.3 Å². The molecule has 2 aliphatic rings. The minimum atomic E-state index is -0.115. The number of fused-ring (bicyclic) bond motifs is 1. The first-order valence-corrected chi connectivity index (χ1v) is 8.91. The van der Waals surface area contributed by atoms with Crippen LogP contribution in [0.15, 0.2) is 16.5 Å². The third kappa shape index (κ3) is 2.97. The molecule has 1 aliphatic carbocycles. The first kappa shape index (κ1) is 15.4. The zero-order valence-electron chi connectivity index (χ0n) is 14.3. The highest BCUT2D eigenvalue weighted by molar-refractivity contribution is 5.76. The SMILES string of the molecule is C[C@H](NC(=O)CCc1ccc([C@@H]2C[C@H]2C)o1)c1nnc2n1CCC2. The van der Waals surface area contributed by atoms with Gasteiger partial charge in [-0.05, 0) is 37.8 Å². The lowest BCUT2D eigenvalue weighted by atomic mass is 10.2. The third-order valence-electron chi connectivity index (χ3n) is 5.16. The lowest BCUT2D eigenvalue weighted by Gasteiger charge is -2.13. The molecule has 1 amide bonds. The van der Waals surface area contributed by atoms with Crippen molar-refractivity contribution >= 4 is 5.91 Å². The van der Waals surface area contributed by atoms with Gasteiger partial charge in [0.05, 0.1) is 6.04 Å². The average molecular weight is 328 g/mol. The van der Waals surface area contributed by atoms with Gasteiger partial charge in [0.1, 0.15) is 17.3 Å². The largest absolute Gasteiger partial charge is 0.466 e. The van der Waals surface area contributed by atoms with Crippen molar-refractivity contribution in [2.24, 2.45) is 5.92 Å². The lowest BCUT2D eigenvalue weighted by Crippen LogP contribution is -2.28. The fourth-order valence-corrected chi connectivity index (χ4v) is 3.55. The molecule has 24 heavy (non-hydrogen) atoms. The number of aromatic nitrogens is 3. The summed E-state index contributed by atoms with van der Waals surface area (Å²) in [7, 11) is 0. The second kappa shape index (κ2) is 6.07. The zero-order valence-corrected chi connectivity index (χ0v) is 14.3. The Morgan fingerprint density at radius 1 is 1.46 bits per heavy atom. The van der Waals surface area contributed by atoms with E-state index >= 15 is 0 Å². The van der Waals surface area contributed by atoms with Crippen molar-refractivity contribution in [3.63, 3.8) is 0 Å². The van der Waals surface area contributed by atoms with Crippen molar-refractivity contribution in [1.82, 2.24) is 20.1 Å². The third-order valence-corrected chi connectivity index (χ3v) is 5.16. The van der Waals surface area contributed by atoms with Gasteiger partial charge in [0.25, 0.3) is 0 Å². The molecule has 0 spiro atoms. The molecule has 1 fully saturated rings. The van der Waals surface area contributed by atoms with Gasteiger partial charge in [-0.15, -0.1) is 10.2 Å². The van der Waals surface area contributed by atoms with E-state index in [2.05, 4.69) is 33.1 Å². The molecule has 0 bridgehead atoms. The van der Waals surface area contributed by atoms with Crippen LogP contribution in [0.3, 0.4) is 0 Å². The number of rotatable bonds is 6. The van der Waals surface area contributed by atoms with Gasteiger partial charge in [-0.3, -0.25) is 4.79 Å². The Hall–Kier alpha value is -2.11. The number of nitrogens with one attached hydrogen (secondary N) is 1. The number of nitrogens with zero attached hydrogens (tertiary/aromatic N) is 3. The second-order valence-corrected chi connectivity index (χ2v) is 7.14. The van der Waals surface area contributed by atoms with E-state index in [0.29, 0.717) is 18.8 Å². The van der Waals surface area contributed by atoms with E-state index in [4.69, 9.17) is 4.42 Å². The van der Waals surface area contributed by atoms with Crippen LogP contribution >= 0.6 is 0 Å². The number of carbonyl (C=O) groups is 1. The van der Waals surface area contributed by atoms with Gasteiger partial charge in [0, 0.05) is 31.7 Å². The lowest BCUT2D eigenvalue weighted by molar-refractivity contribution is -0.121. The maximum absolute atomic E-state index is 12.2. The van der Waals surface area contributed by atoms with E-state index in [1.165, 1.54) is 6.42 Å². The topological polar surface area (TPSA) is 73.0 Å². The second-order valence-electron chi connectivity index (χ2n) is 7.14. The molecule has 0 unspecified atom stereocenters. The normalized spacial score (nSPS) is 23.1. The Balaban J connectivity index is 1.29. The van der Waals surface area contributed by atoms with Crippen LogP contribution in [0.4, 0.5) is 0 Å². The van der Waals surface area contributed by atoms with Gasteiger partial charge in [-0.1, -0.05) is 6.92 Å². The van der Waals surface area contributed by atoms with E-state index in [1.54, 1.807) is 0 Å². The van der Waals surface area contributed by atoms with Crippen LogP contribution in [0.5, 0.6) is 0 Å². The standard InChI is InChI=1S/C18H24N4O2/c1-11-10-14(11)15-7-5-13(24-15)6-8-17(23)19-12(2)18-21-20-16-4-3-9-22(16)18/h5,7,11-12,14H,3-4,6,8-10H2,1-2H3,(H,19,23)/t11-,12+,14-/m1/s1. The summed E-state index contributed by atoms with van der Waals surface area (Å²) in [5.41, 5.74) is 0. The van der Waals surface area contributed by atoms with E-state index < -0.39 is 0 Å². The maximum Gasteiger partial charge on any atom is 0.221 e. The molecule has 3 heterocycles. The van der Waals surface area contributed by atoms with Crippen molar-refractivity contribution < 1.29 is 9.21 Å². The van der Waals surface area contributed by atoms with Crippen LogP contribution in [0.2, 0.25) is 0 Å². The van der Waals surface area contributed by atoms with Crippen molar-refractivity contribution in [1.29, 1.82) is 0 Å². The van der Waals surface area contributed by atoms with Crippen molar-refractivity contribution in [2.45, 2.75) is 64.5 Å². The number of carbonyl (C=O) groups excluding carboxylic acids is 1. The van der Waals surface area contributed by atoms with Crippen molar-refractivity contribution in [2.75, 3.05) is 0 Å². The van der Waals surface area contributed by atoms with Crippen molar-refractivity contribution in [3.8, 4) is 0 Å². The molecule has 6 nitrogen and oxygen atoms in total. The molecule has 1 saturated carbocycles. The molecule has 2 aromatic rings. The number of amides is 1. The Labute approximate surface area is 141 Å². The highest BCUT2D eigenvalue weighted by Gasteiger charge is 2.36. The predicted octanol–water partition coefficient (Wildman–Crippen LogP) is 2.75. The van der Waals surface area contributed by atoms with Gasteiger partial charge in [0.2, 0.25) is 5.91 Å². The van der Waals surface area contributed by atoms with Gasteiger partial charge in [0.15, 0.2) is 5.82 Å². The van der Waals surface area contributed by atoms with Crippen LogP contribution in [0, 0.1) is 5.92 Å². The Morgan fingerprint density at radius 2 is 2.29 bits per heavy atom. The molecule has 1 aliphatic heterocycles. The quantitative estimate of drug-likeness (QED) is 0.885. The molecular formula is C18H24N4O2. The van der Waals surface area contributed by atoms with Crippen LogP contribution in [-0.4, -0.2) is 20.7 Å². The van der Waals surface area contributed by atoms with E-state index in [9.17, 15) is 4.79 Å². The molecule has 4 rings (SSSR count). The smallest absolute Gasteiger partial charge is 0.221 e. The van der Waals surface area contributed by atoms with E-state index in [1.807, 2.05) is 13.0 Å². The zero-order chi connectivity index (χ0) is 16.7. The number of furan rings is 1. The number of hydrogen-bond acceptors (Lipinski definition) is 4. The molecule has 0 aromatic carbocycles. The van der Waals surface area contributed by atoms with Gasteiger partial charge < -0.3 is 14.3 Å². The fourth-order valence-electron chi connectivity index (χ4n) is 3.55. The minimum Gasteiger partial charge on any atom is -0.466 e. The summed E-state index contributed by atoms with van der Waals surface area (Å²) in [6, 6.07) is 3.95.